The average molecular weight is 366 g/mol. The van der Waals surface area contributed by atoms with E-state index >= 15 is 0 Å². The molecule has 2 aromatic carbocycles. The molecule has 0 aliphatic carbocycles. The standard InChI is InChI=1S/C20H22N4OS/c1-13-9-10-17(14(2)11-13)22-19(25)15(3)26-20-23-18(12-24(20)21)16-7-5-4-6-8-16/h4-12,15H,21H2,1-3H3,(H,22,25). The monoisotopic (exact) mass is 366 g/mol. The maximum Gasteiger partial charge on any atom is 0.237 e. The number of carbonyl (C=O) groups excluding carboxylic acids is 1. The maximum absolute atomic E-state index is 12.5. The molecule has 0 spiro atoms. The molecule has 3 rings (SSSR count). The molecule has 0 aliphatic heterocycles. The van der Waals surface area contributed by atoms with E-state index in [1.165, 1.54) is 22.0 Å². The zero-order valence-corrected chi connectivity index (χ0v) is 15.9. The lowest BCUT2D eigenvalue weighted by atomic mass is 10.1. The third kappa shape index (κ3) is 4.08. The molecule has 5 nitrogen and oxygen atoms in total. The van der Waals surface area contributed by atoms with Gasteiger partial charge in [-0.05, 0) is 32.4 Å². The number of anilines is 1. The number of nitrogen functional groups attached to an aromatic ring is 1. The van der Waals surface area contributed by atoms with E-state index in [-0.39, 0.29) is 11.2 Å². The minimum atomic E-state index is -0.330. The van der Waals surface area contributed by atoms with Crippen molar-refractivity contribution < 1.29 is 4.79 Å². The first-order chi connectivity index (χ1) is 12.4. The number of aromatic nitrogens is 2. The summed E-state index contributed by atoms with van der Waals surface area (Å²) in [5, 5.41) is 3.25. The fourth-order valence-corrected chi connectivity index (χ4v) is 3.42. The van der Waals surface area contributed by atoms with Crippen molar-refractivity contribution in [3.8, 4) is 11.3 Å². The van der Waals surface area contributed by atoms with Crippen LogP contribution in [0.5, 0.6) is 0 Å². The molecular weight excluding hydrogens is 344 g/mol. The molecule has 0 fully saturated rings. The second-order valence-corrected chi connectivity index (χ2v) is 7.56. The van der Waals surface area contributed by atoms with Gasteiger partial charge >= 0.3 is 0 Å². The summed E-state index contributed by atoms with van der Waals surface area (Å²) in [5.74, 6) is 5.94. The quantitative estimate of drug-likeness (QED) is 0.529. The van der Waals surface area contributed by atoms with E-state index in [0.717, 1.165) is 22.5 Å². The lowest BCUT2D eigenvalue weighted by molar-refractivity contribution is -0.115. The Hall–Kier alpha value is -2.73. The van der Waals surface area contributed by atoms with Crippen molar-refractivity contribution in [1.82, 2.24) is 9.66 Å². The van der Waals surface area contributed by atoms with Crippen LogP contribution in [0.1, 0.15) is 18.1 Å². The van der Waals surface area contributed by atoms with Crippen LogP contribution in [0.4, 0.5) is 5.69 Å². The van der Waals surface area contributed by atoms with Gasteiger partial charge in [0.25, 0.3) is 0 Å². The Morgan fingerprint density at radius 2 is 1.92 bits per heavy atom. The molecule has 0 saturated heterocycles. The van der Waals surface area contributed by atoms with Gasteiger partial charge in [-0.1, -0.05) is 59.8 Å². The first-order valence-electron chi connectivity index (χ1n) is 8.38. The van der Waals surface area contributed by atoms with Gasteiger partial charge in [0.15, 0.2) is 5.16 Å². The number of benzene rings is 2. The number of amides is 1. The van der Waals surface area contributed by atoms with Gasteiger partial charge in [0.05, 0.1) is 17.1 Å². The lowest BCUT2D eigenvalue weighted by Gasteiger charge is -2.13. The normalized spacial score (nSPS) is 12.0. The zero-order chi connectivity index (χ0) is 18.7. The average Bonchev–Trinajstić information content (AvgIpc) is 2.98. The molecule has 1 aromatic heterocycles. The predicted octanol–water partition coefficient (Wildman–Crippen LogP) is 4.00. The minimum absolute atomic E-state index is 0.0776. The van der Waals surface area contributed by atoms with Crippen LogP contribution >= 0.6 is 11.8 Å². The fraction of sp³-hybridized carbons (Fsp3) is 0.200. The summed E-state index contributed by atoms with van der Waals surface area (Å²) in [7, 11) is 0. The highest BCUT2D eigenvalue weighted by molar-refractivity contribution is 8.00. The Morgan fingerprint density at radius 3 is 2.62 bits per heavy atom. The smallest absolute Gasteiger partial charge is 0.237 e. The van der Waals surface area contributed by atoms with Crippen LogP contribution in [0.3, 0.4) is 0 Å². The number of hydrogen-bond donors (Lipinski definition) is 2. The Bertz CT molecular complexity index is 921. The molecule has 3 aromatic rings. The van der Waals surface area contributed by atoms with Gasteiger partial charge in [0.1, 0.15) is 0 Å². The number of rotatable bonds is 5. The van der Waals surface area contributed by atoms with E-state index in [9.17, 15) is 4.79 Å². The van der Waals surface area contributed by atoms with Crippen LogP contribution < -0.4 is 11.2 Å². The number of nitrogens with zero attached hydrogens (tertiary/aromatic N) is 2. The number of hydrogen-bond acceptors (Lipinski definition) is 4. The van der Waals surface area contributed by atoms with E-state index in [4.69, 9.17) is 5.84 Å². The van der Waals surface area contributed by atoms with Gasteiger partial charge in [-0.3, -0.25) is 4.79 Å². The molecule has 1 amide bonds. The van der Waals surface area contributed by atoms with Gasteiger partial charge in [-0.25, -0.2) is 9.66 Å². The highest BCUT2D eigenvalue weighted by Crippen LogP contribution is 2.26. The summed E-state index contributed by atoms with van der Waals surface area (Å²) in [6, 6.07) is 15.8. The number of aryl methyl sites for hydroxylation is 2. The molecule has 0 saturated carbocycles. The van der Waals surface area contributed by atoms with Gasteiger partial charge in [-0.15, -0.1) is 0 Å². The number of thioether (sulfide) groups is 1. The van der Waals surface area contributed by atoms with Crippen molar-refractivity contribution in [3.05, 3.63) is 65.9 Å². The van der Waals surface area contributed by atoms with Gasteiger partial charge < -0.3 is 11.2 Å². The van der Waals surface area contributed by atoms with E-state index in [1.807, 2.05) is 69.3 Å². The van der Waals surface area contributed by atoms with Crippen molar-refractivity contribution in [1.29, 1.82) is 0 Å². The zero-order valence-electron chi connectivity index (χ0n) is 15.1. The third-order valence-corrected chi connectivity index (χ3v) is 5.14. The van der Waals surface area contributed by atoms with Gasteiger partial charge in [-0.2, -0.15) is 0 Å². The number of nitrogens with two attached hydrogens (primary N) is 1. The molecular formula is C20H22N4OS. The summed E-state index contributed by atoms with van der Waals surface area (Å²) in [6.45, 7) is 5.86. The molecule has 1 heterocycles. The van der Waals surface area contributed by atoms with Crippen molar-refractivity contribution in [2.24, 2.45) is 0 Å². The van der Waals surface area contributed by atoms with Crippen molar-refractivity contribution >= 4 is 23.4 Å². The molecule has 6 heteroatoms. The van der Waals surface area contributed by atoms with Crippen molar-refractivity contribution in [3.63, 3.8) is 0 Å². The highest BCUT2D eigenvalue weighted by atomic mass is 32.2. The van der Waals surface area contributed by atoms with Gasteiger partial charge in [0, 0.05) is 11.3 Å². The number of carbonyl (C=O) groups is 1. The number of nitrogens with one attached hydrogen (secondary N) is 1. The maximum atomic E-state index is 12.5. The number of imidazole rings is 1. The SMILES string of the molecule is Cc1ccc(NC(=O)C(C)Sc2nc(-c3ccccc3)cn2N)c(C)c1. The van der Waals surface area contributed by atoms with Crippen molar-refractivity contribution in [2.45, 2.75) is 31.2 Å². The Kier molecular flexibility index (Phi) is 5.32. The van der Waals surface area contributed by atoms with Crippen LogP contribution in [-0.2, 0) is 4.79 Å². The Morgan fingerprint density at radius 1 is 1.19 bits per heavy atom. The van der Waals surface area contributed by atoms with E-state index in [2.05, 4.69) is 10.3 Å². The van der Waals surface area contributed by atoms with E-state index in [1.54, 1.807) is 6.20 Å². The summed E-state index contributed by atoms with van der Waals surface area (Å²) in [5.41, 5.74) is 4.82. The molecule has 1 unspecified atom stereocenters. The second-order valence-electron chi connectivity index (χ2n) is 6.25. The molecule has 0 bridgehead atoms. The summed E-state index contributed by atoms with van der Waals surface area (Å²) >= 11 is 1.34. The Labute approximate surface area is 157 Å². The first-order valence-corrected chi connectivity index (χ1v) is 9.26. The first kappa shape index (κ1) is 18.1. The van der Waals surface area contributed by atoms with Crippen LogP contribution in [0.15, 0.2) is 59.9 Å². The topological polar surface area (TPSA) is 72.9 Å². The minimum Gasteiger partial charge on any atom is -0.337 e. The highest BCUT2D eigenvalue weighted by Gasteiger charge is 2.19. The van der Waals surface area contributed by atoms with Crippen molar-refractivity contribution in [2.75, 3.05) is 11.2 Å². The summed E-state index contributed by atoms with van der Waals surface area (Å²) < 4.78 is 1.47. The van der Waals surface area contributed by atoms with E-state index < -0.39 is 0 Å². The second kappa shape index (κ2) is 7.66. The molecule has 134 valence electrons. The summed E-state index contributed by atoms with van der Waals surface area (Å²) in [4.78, 5) is 17.1. The predicted molar refractivity (Wildman–Crippen MR) is 108 cm³/mol. The fourth-order valence-electron chi connectivity index (χ4n) is 2.61. The van der Waals surface area contributed by atoms with Crippen LogP contribution in [0.25, 0.3) is 11.3 Å². The van der Waals surface area contributed by atoms with Crippen LogP contribution in [0, 0.1) is 13.8 Å². The van der Waals surface area contributed by atoms with Gasteiger partial charge in [0.2, 0.25) is 5.91 Å². The molecule has 0 radical (unpaired) electrons. The molecule has 26 heavy (non-hydrogen) atoms. The molecule has 3 N–H and O–H groups in total. The Balaban J connectivity index is 1.70. The van der Waals surface area contributed by atoms with Crippen LogP contribution in [-0.4, -0.2) is 20.8 Å². The summed E-state index contributed by atoms with van der Waals surface area (Å²) in [6.07, 6.45) is 1.77. The largest absolute Gasteiger partial charge is 0.337 e. The van der Waals surface area contributed by atoms with E-state index in [0.29, 0.717) is 5.16 Å². The third-order valence-electron chi connectivity index (χ3n) is 4.06. The lowest BCUT2D eigenvalue weighted by Crippen LogP contribution is -2.23. The van der Waals surface area contributed by atoms with Crippen LogP contribution in [0.2, 0.25) is 0 Å². The molecule has 1 atom stereocenters. The molecule has 0 aliphatic rings.